The van der Waals surface area contributed by atoms with Crippen LogP contribution in [0, 0.1) is 12.3 Å². The Balaban J connectivity index is 2.51. The van der Waals surface area contributed by atoms with Crippen LogP contribution in [0.3, 0.4) is 0 Å². The van der Waals surface area contributed by atoms with Gasteiger partial charge in [0.25, 0.3) is 0 Å². The molecule has 0 aromatic heterocycles. The Morgan fingerprint density at radius 1 is 1.25 bits per heavy atom. The molecule has 1 unspecified atom stereocenters. The maximum Gasteiger partial charge on any atom is 0.0231 e. The first-order chi connectivity index (χ1) is 9.49. The van der Waals surface area contributed by atoms with E-state index in [4.69, 9.17) is 0 Å². The van der Waals surface area contributed by atoms with Gasteiger partial charge in [-0.3, -0.25) is 0 Å². The highest BCUT2D eigenvalue weighted by Crippen LogP contribution is 2.22. The van der Waals surface area contributed by atoms with E-state index in [9.17, 15) is 0 Å². The second kappa shape index (κ2) is 8.43. The number of nitrogens with one attached hydrogen (secondary N) is 1. The average molecular weight is 276 g/mol. The smallest absolute Gasteiger partial charge is 0.0231 e. The maximum atomic E-state index is 3.58. The van der Waals surface area contributed by atoms with Gasteiger partial charge < -0.3 is 10.2 Å². The molecule has 0 heterocycles. The van der Waals surface area contributed by atoms with Gasteiger partial charge in [0.05, 0.1) is 0 Å². The van der Waals surface area contributed by atoms with Crippen molar-refractivity contribution in [3.8, 4) is 0 Å². The van der Waals surface area contributed by atoms with Crippen LogP contribution in [0.5, 0.6) is 0 Å². The minimum Gasteiger partial charge on any atom is -0.316 e. The highest BCUT2D eigenvalue weighted by atomic mass is 15.1. The number of aryl methyl sites for hydroxylation is 1. The summed E-state index contributed by atoms with van der Waals surface area (Å²) in [5, 5.41) is 3.58. The fourth-order valence-corrected chi connectivity index (χ4v) is 2.69. The lowest BCUT2D eigenvalue weighted by Crippen LogP contribution is -2.40. The first-order valence-corrected chi connectivity index (χ1v) is 7.94. The fraction of sp³-hybridized carbons (Fsp3) is 0.667. The molecule has 0 fully saturated rings. The summed E-state index contributed by atoms with van der Waals surface area (Å²) in [6.07, 6.45) is 2.42. The second-order valence-electron chi connectivity index (χ2n) is 6.50. The van der Waals surface area contributed by atoms with Crippen LogP contribution in [0.15, 0.2) is 24.3 Å². The Labute approximate surface area is 125 Å². The van der Waals surface area contributed by atoms with Gasteiger partial charge in [-0.1, -0.05) is 50.6 Å². The first kappa shape index (κ1) is 17.2. The second-order valence-corrected chi connectivity index (χ2v) is 6.50. The Morgan fingerprint density at radius 3 is 2.60 bits per heavy atom. The quantitative estimate of drug-likeness (QED) is 0.689. The normalized spacial score (nSPS) is 14.5. The third-order valence-electron chi connectivity index (χ3n) is 4.02. The van der Waals surface area contributed by atoms with Crippen LogP contribution >= 0.6 is 0 Å². The zero-order valence-electron chi connectivity index (χ0n) is 14.0. The lowest BCUT2D eigenvalue weighted by molar-refractivity contribution is 0.175. The highest BCUT2D eigenvalue weighted by Gasteiger charge is 2.23. The molecule has 0 saturated heterocycles. The average Bonchev–Trinajstić information content (AvgIpc) is 2.38. The molecule has 114 valence electrons. The van der Waals surface area contributed by atoms with Gasteiger partial charge in [0.15, 0.2) is 0 Å². The van der Waals surface area contributed by atoms with E-state index in [-0.39, 0.29) is 0 Å². The van der Waals surface area contributed by atoms with Gasteiger partial charge in [0, 0.05) is 19.6 Å². The van der Waals surface area contributed by atoms with Crippen molar-refractivity contribution in [3.05, 3.63) is 35.4 Å². The van der Waals surface area contributed by atoms with Crippen molar-refractivity contribution < 1.29 is 0 Å². The van der Waals surface area contributed by atoms with E-state index in [1.54, 1.807) is 0 Å². The highest BCUT2D eigenvalue weighted by molar-refractivity contribution is 5.22. The SMILES string of the molecule is CCCNCC(C)(CC)CN(C)Cc1cccc(C)c1. The summed E-state index contributed by atoms with van der Waals surface area (Å²) in [4.78, 5) is 2.45. The van der Waals surface area contributed by atoms with Crippen molar-refractivity contribution in [2.75, 3.05) is 26.7 Å². The monoisotopic (exact) mass is 276 g/mol. The topological polar surface area (TPSA) is 15.3 Å². The Hall–Kier alpha value is -0.860. The predicted molar refractivity (Wildman–Crippen MR) is 89.1 cm³/mol. The molecule has 0 amide bonds. The van der Waals surface area contributed by atoms with E-state index in [2.05, 4.69) is 69.2 Å². The van der Waals surface area contributed by atoms with E-state index in [0.717, 1.165) is 26.2 Å². The molecule has 0 aliphatic heterocycles. The zero-order valence-corrected chi connectivity index (χ0v) is 14.0. The third-order valence-corrected chi connectivity index (χ3v) is 4.02. The van der Waals surface area contributed by atoms with Gasteiger partial charge >= 0.3 is 0 Å². The summed E-state index contributed by atoms with van der Waals surface area (Å²) in [6.45, 7) is 13.5. The van der Waals surface area contributed by atoms with Crippen LogP contribution in [0.2, 0.25) is 0 Å². The lowest BCUT2D eigenvalue weighted by atomic mass is 9.86. The number of rotatable bonds is 9. The summed E-state index contributed by atoms with van der Waals surface area (Å²) >= 11 is 0. The van der Waals surface area contributed by atoms with Crippen molar-refractivity contribution >= 4 is 0 Å². The minimum atomic E-state index is 0.355. The largest absolute Gasteiger partial charge is 0.316 e. The Bertz CT molecular complexity index is 389. The standard InChI is InChI=1S/C18H32N2/c1-6-11-19-14-18(4,7-2)15-20(5)13-17-10-8-9-16(3)12-17/h8-10,12,19H,6-7,11,13-15H2,1-5H3. The van der Waals surface area contributed by atoms with Crippen LogP contribution in [0.25, 0.3) is 0 Å². The van der Waals surface area contributed by atoms with Gasteiger partial charge in [-0.15, -0.1) is 0 Å². The van der Waals surface area contributed by atoms with Crippen LogP contribution in [-0.2, 0) is 6.54 Å². The number of benzene rings is 1. The van der Waals surface area contributed by atoms with Crippen LogP contribution in [0.4, 0.5) is 0 Å². The molecule has 1 N–H and O–H groups in total. The van der Waals surface area contributed by atoms with E-state index in [1.807, 2.05) is 0 Å². The number of nitrogens with zero attached hydrogens (tertiary/aromatic N) is 1. The molecule has 2 heteroatoms. The molecule has 1 atom stereocenters. The minimum absolute atomic E-state index is 0.355. The van der Waals surface area contributed by atoms with Crippen LogP contribution in [0.1, 0.15) is 44.7 Å². The molecule has 0 spiro atoms. The number of hydrogen-bond donors (Lipinski definition) is 1. The molecule has 0 aliphatic carbocycles. The van der Waals surface area contributed by atoms with E-state index >= 15 is 0 Å². The van der Waals surface area contributed by atoms with E-state index in [0.29, 0.717) is 5.41 Å². The fourth-order valence-electron chi connectivity index (χ4n) is 2.69. The van der Waals surface area contributed by atoms with Crippen molar-refractivity contribution in [2.45, 2.75) is 47.1 Å². The molecule has 0 aliphatic rings. The summed E-state index contributed by atoms with van der Waals surface area (Å²) in [5.74, 6) is 0. The van der Waals surface area contributed by atoms with Gasteiger partial charge in [-0.25, -0.2) is 0 Å². The molecular formula is C18H32N2. The third kappa shape index (κ3) is 6.06. The molecule has 0 bridgehead atoms. The Morgan fingerprint density at radius 2 is 2.00 bits per heavy atom. The maximum absolute atomic E-state index is 3.58. The van der Waals surface area contributed by atoms with E-state index in [1.165, 1.54) is 24.0 Å². The summed E-state index contributed by atoms with van der Waals surface area (Å²) in [7, 11) is 2.23. The molecule has 1 aromatic carbocycles. The van der Waals surface area contributed by atoms with Gasteiger partial charge in [0.2, 0.25) is 0 Å². The van der Waals surface area contributed by atoms with Gasteiger partial charge in [-0.05, 0) is 44.3 Å². The van der Waals surface area contributed by atoms with Crippen molar-refractivity contribution in [1.29, 1.82) is 0 Å². The van der Waals surface area contributed by atoms with Crippen molar-refractivity contribution in [3.63, 3.8) is 0 Å². The molecular weight excluding hydrogens is 244 g/mol. The molecule has 20 heavy (non-hydrogen) atoms. The molecule has 0 radical (unpaired) electrons. The first-order valence-electron chi connectivity index (χ1n) is 7.94. The zero-order chi connectivity index (χ0) is 15.0. The lowest BCUT2D eigenvalue weighted by Gasteiger charge is -2.33. The molecule has 1 aromatic rings. The summed E-state index contributed by atoms with van der Waals surface area (Å²) in [5.41, 5.74) is 3.11. The summed E-state index contributed by atoms with van der Waals surface area (Å²) < 4.78 is 0. The van der Waals surface area contributed by atoms with Crippen LogP contribution in [-0.4, -0.2) is 31.6 Å². The molecule has 2 nitrogen and oxygen atoms in total. The van der Waals surface area contributed by atoms with E-state index < -0.39 is 0 Å². The predicted octanol–water partition coefficient (Wildman–Crippen LogP) is 3.84. The molecule has 0 saturated carbocycles. The summed E-state index contributed by atoms with van der Waals surface area (Å²) in [6, 6.07) is 8.83. The van der Waals surface area contributed by atoms with Crippen LogP contribution < -0.4 is 5.32 Å². The van der Waals surface area contributed by atoms with Gasteiger partial charge in [0.1, 0.15) is 0 Å². The Kier molecular flexibility index (Phi) is 7.25. The molecule has 1 rings (SSSR count). The number of hydrogen-bond acceptors (Lipinski definition) is 2. The van der Waals surface area contributed by atoms with Crippen molar-refractivity contribution in [1.82, 2.24) is 10.2 Å². The van der Waals surface area contributed by atoms with Crippen molar-refractivity contribution in [2.24, 2.45) is 5.41 Å². The van der Waals surface area contributed by atoms with Gasteiger partial charge in [-0.2, -0.15) is 0 Å².